The zero-order valence-corrected chi connectivity index (χ0v) is 11.3. The maximum atomic E-state index is 12.1. The summed E-state index contributed by atoms with van der Waals surface area (Å²) in [5.74, 6) is -0.558. The summed E-state index contributed by atoms with van der Waals surface area (Å²) < 4.78 is 8.45. The van der Waals surface area contributed by atoms with E-state index in [-0.39, 0.29) is 24.3 Å². The summed E-state index contributed by atoms with van der Waals surface area (Å²) >= 11 is 5.38. The molecule has 1 aliphatic heterocycles. The zero-order valence-electron chi connectivity index (χ0n) is 10.6. The first-order valence-electron chi connectivity index (χ1n) is 5.78. The predicted molar refractivity (Wildman–Crippen MR) is 71.3 cm³/mol. The lowest BCUT2D eigenvalue weighted by atomic mass is 10.1. The summed E-state index contributed by atoms with van der Waals surface area (Å²) in [4.78, 5) is 25.5. The fraction of sp³-hybridized carbons (Fsp3) is 0.308. The van der Waals surface area contributed by atoms with Gasteiger partial charge in [0.15, 0.2) is 0 Å². The van der Waals surface area contributed by atoms with E-state index in [9.17, 15) is 9.59 Å². The van der Waals surface area contributed by atoms with Gasteiger partial charge >= 0.3 is 0 Å². The molecule has 1 heterocycles. The van der Waals surface area contributed by atoms with Crippen molar-refractivity contribution in [1.82, 2.24) is 4.90 Å². The van der Waals surface area contributed by atoms with Crippen molar-refractivity contribution in [3.63, 3.8) is 0 Å². The van der Waals surface area contributed by atoms with Crippen LogP contribution in [0.3, 0.4) is 0 Å². The Morgan fingerprint density at radius 3 is 2.26 bits per heavy atom. The number of imide groups is 1. The zero-order chi connectivity index (χ0) is 14.0. The molecule has 1 atom stereocenters. The number of ether oxygens (including phenoxy) is 1. The lowest BCUT2D eigenvalue weighted by Gasteiger charge is -2.19. The van der Waals surface area contributed by atoms with Crippen LogP contribution in [0.4, 0.5) is 0 Å². The molecule has 19 heavy (non-hydrogen) atoms. The number of fused-ring (bicyclic) bond motifs is 1. The molecular weight excluding hydrogens is 268 g/mol. The largest absolute Gasteiger partial charge is 0.483 e. The van der Waals surface area contributed by atoms with Crippen LogP contribution in [0.2, 0.25) is 0 Å². The van der Waals surface area contributed by atoms with Gasteiger partial charge < -0.3 is 4.74 Å². The number of amides is 2. The molecule has 0 saturated carbocycles. The van der Waals surface area contributed by atoms with Crippen LogP contribution in [0.25, 0.3) is 0 Å². The van der Waals surface area contributed by atoms with Gasteiger partial charge in [0.25, 0.3) is 11.8 Å². The molecule has 0 aliphatic carbocycles. The Balaban J connectivity index is 2.21. The molecule has 2 rings (SSSR count). The summed E-state index contributed by atoms with van der Waals surface area (Å²) in [7, 11) is 1.44. The Morgan fingerprint density at radius 2 is 1.84 bits per heavy atom. The van der Waals surface area contributed by atoms with E-state index in [0.717, 1.165) is 0 Å². The van der Waals surface area contributed by atoms with E-state index in [1.54, 1.807) is 31.2 Å². The van der Waals surface area contributed by atoms with Crippen molar-refractivity contribution < 1.29 is 14.3 Å². The van der Waals surface area contributed by atoms with Crippen molar-refractivity contribution in [3.05, 3.63) is 35.4 Å². The van der Waals surface area contributed by atoms with E-state index in [1.807, 2.05) is 0 Å². The van der Waals surface area contributed by atoms with Gasteiger partial charge in [-0.05, 0) is 12.1 Å². The fourth-order valence-corrected chi connectivity index (χ4v) is 2.31. The average molecular weight is 281 g/mol. The molecule has 1 aromatic carbocycles. The smallest absolute Gasteiger partial charge is 0.261 e. The Bertz CT molecular complexity index is 522. The summed E-state index contributed by atoms with van der Waals surface area (Å²) in [6.45, 7) is 1.97. The van der Waals surface area contributed by atoms with Crippen LogP contribution < -0.4 is 0 Å². The maximum absolute atomic E-state index is 12.1. The Labute approximate surface area is 115 Å². The minimum Gasteiger partial charge on any atom is -0.483 e. The fourth-order valence-electron chi connectivity index (χ4n) is 2.08. The quantitative estimate of drug-likeness (QED) is 0.484. The third-order valence-electron chi connectivity index (χ3n) is 3.05. The number of rotatable bonds is 3. The highest BCUT2D eigenvalue weighted by Gasteiger charge is 2.36. The van der Waals surface area contributed by atoms with Gasteiger partial charge in [0.2, 0.25) is 5.90 Å². The topological polar surface area (TPSA) is 59.0 Å². The minimum atomic E-state index is -0.294. The Kier molecular flexibility index (Phi) is 3.85. The summed E-state index contributed by atoms with van der Waals surface area (Å²) in [5, 5.41) is 0. The maximum Gasteiger partial charge on any atom is 0.261 e. The minimum absolute atomic E-state index is 0.186. The van der Waals surface area contributed by atoms with E-state index in [4.69, 9.17) is 16.5 Å². The van der Waals surface area contributed by atoms with Crippen molar-refractivity contribution in [2.24, 2.45) is 10.4 Å². The molecule has 0 radical (unpaired) electrons. The van der Waals surface area contributed by atoms with E-state index in [0.29, 0.717) is 17.0 Å². The summed E-state index contributed by atoms with van der Waals surface area (Å²) in [6.07, 6.45) is 0. The number of methoxy groups -OCH3 is 1. The molecule has 0 N–H and O–H groups in total. The lowest BCUT2D eigenvalue weighted by Crippen LogP contribution is -2.36. The molecule has 0 aromatic heterocycles. The SMILES string of the molecule is CO/C(=N\Cl)C(C)CN1C(=O)c2ccccc2C1=O. The third-order valence-corrected chi connectivity index (χ3v) is 3.22. The van der Waals surface area contributed by atoms with Gasteiger partial charge in [-0.2, -0.15) is 0 Å². The van der Waals surface area contributed by atoms with Crippen LogP contribution in [0.15, 0.2) is 28.8 Å². The normalized spacial score (nSPS) is 16.6. The summed E-state index contributed by atoms with van der Waals surface area (Å²) in [5.41, 5.74) is 0.864. The predicted octanol–water partition coefficient (Wildman–Crippen LogP) is 2.12. The van der Waals surface area contributed by atoms with E-state index >= 15 is 0 Å². The van der Waals surface area contributed by atoms with Crippen molar-refractivity contribution in [1.29, 1.82) is 0 Å². The Morgan fingerprint density at radius 1 is 1.32 bits per heavy atom. The number of benzene rings is 1. The molecule has 1 aromatic rings. The summed E-state index contributed by atoms with van der Waals surface area (Å²) in [6, 6.07) is 6.76. The van der Waals surface area contributed by atoms with Gasteiger partial charge in [-0.3, -0.25) is 14.5 Å². The molecule has 0 spiro atoms. The van der Waals surface area contributed by atoms with Gasteiger partial charge in [-0.25, -0.2) is 0 Å². The van der Waals surface area contributed by atoms with Crippen LogP contribution in [-0.4, -0.2) is 36.3 Å². The monoisotopic (exact) mass is 280 g/mol. The third kappa shape index (κ3) is 2.33. The number of nitrogens with zero attached hydrogens (tertiary/aromatic N) is 2. The molecule has 0 saturated heterocycles. The van der Waals surface area contributed by atoms with Gasteiger partial charge in [0.1, 0.15) is 0 Å². The molecule has 1 unspecified atom stereocenters. The lowest BCUT2D eigenvalue weighted by molar-refractivity contribution is 0.0641. The average Bonchev–Trinajstić information content (AvgIpc) is 2.66. The van der Waals surface area contributed by atoms with Gasteiger partial charge in [-0.1, -0.05) is 19.1 Å². The van der Waals surface area contributed by atoms with E-state index in [1.165, 1.54) is 12.0 Å². The number of halogens is 1. The molecule has 1 aliphatic rings. The molecule has 6 heteroatoms. The van der Waals surface area contributed by atoms with Crippen LogP contribution in [-0.2, 0) is 4.74 Å². The van der Waals surface area contributed by atoms with Crippen LogP contribution >= 0.6 is 11.8 Å². The van der Waals surface area contributed by atoms with Gasteiger partial charge in [-0.15, -0.1) is 4.51 Å². The first kappa shape index (κ1) is 13.5. The number of hydrogen-bond acceptors (Lipinski definition) is 4. The molecule has 100 valence electrons. The van der Waals surface area contributed by atoms with Crippen molar-refractivity contribution in [2.75, 3.05) is 13.7 Å². The molecule has 0 fully saturated rings. The first-order chi connectivity index (χ1) is 9.10. The molecular formula is C13H13ClN2O3. The number of carbonyl (C=O) groups excluding carboxylic acids is 2. The highest BCUT2D eigenvalue weighted by Crippen LogP contribution is 2.23. The highest BCUT2D eigenvalue weighted by molar-refractivity contribution is 6.22. The second-order valence-electron chi connectivity index (χ2n) is 4.29. The van der Waals surface area contributed by atoms with Gasteiger partial charge in [0, 0.05) is 18.3 Å². The van der Waals surface area contributed by atoms with E-state index in [2.05, 4.69) is 4.51 Å². The highest BCUT2D eigenvalue weighted by atomic mass is 35.5. The van der Waals surface area contributed by atoms with Crippen molar-refractivity contribution in [2.45, 2.75) is 6.92 Å². The first-order valence-corrected chi connectivity index (χ1v) is 6.12. The number of carbonyl (C=O) groups is 2. The van der Waals surface area contributed by atoms with Crippen molar-refractivity contribution in [3.8, 4) is 0 Å². The van der Waals surface area contributed by atoms with Crippen LogP contribution in [0, 0.1) is 5.92 Å². The van der Waals surface area contributed by atoms with Gasteiger partial charge in [0.05, 0.1) is 24.2 Å². The Hall–Kier alpha value is -1.88. The van der Waals surface area contributed by atoms with Crippen molar-refractivity contribution >= 4 is 29.5 Å². The second kappa shape index (κ2) is 5.40. The molecule has 0 bridgehead atoms. The number of hydrogen-bond donors (Lipinski definition) is 0. The second-order valence-corrected chi connectivity index (χ2v) is 4.46. The molecule has 5 nitrogen and oxygen atoms in total. The molecule has 2 amide bonds. The standard InChI is InChI=1S/C13H13ClN2O3/c1-8(11(15-14)19-2)7-16-12(17)9-5-3-4-6-10(9)13(16)18/h3-6,8H,7H2,1-2H3/b15-11-. The van der Waals surface area contributed by atoms with Crippen LogP contribution in [0.5, 0.6) is 0 Å². The van der Waals surface area contributed by atoms with E-state index < -0.39 is 0 Å². The van der Waals surface area contributed by atoms with Crippen LogP contribution in [0.1, 0.15) is 27.6 Å².